The molecule has 0 N–H and O–H groups in total. The van der Waals surface area contributed by atoms with Crippen LogP contribution in [0.4, 0.5) is 0 Å². The second-order valence-corrected chi connectivity index (χ2v) is 34.9. The molecule has 4 unspecified atom stereocenters. The van der Waals surface area contributed by atoms with E-state index in [0.29, 0.717) is 24.2 Å². The molecule has 0 aliphatic carbocycles. The van der Waals surface area contributed by atoms with Crippen LogP contribution in [0.25, 0.3) is 0 Å². The first-order chi connectivity index (χ1) is 50.5. The third kappa shape index (κ3) is 46.3. The first-order valence-electron chi connectivity index (χ1n) is 47.7. The summed E-state index contributed by atoms with van der Waals surface area (Å²) >= 11 is 0. The van der Waals surface area contributed by atoms with E-state index in [9.17, 15) is 0 Å². The molecule has 0 heterocycles. The summed E-state index contributed by atoms with van der Waals surface area (Å²) in [6, 6.07) is 21.3. The molecule has 0 radical (unpaired) electrons. The second kappa shape index (κ2) is 68.0. The van der Waals surface area contributed by atoms with Crippen molar-refractivity contribution in [2.75, 3.05) is 39.4 Å². The second-order valence-electron chi connectivity index (χ2n) is 34.9. The number of quaternary nitrogens is 2. The van der Waals surface area contributed by atoms with Gasteiger partial charge in [0.1, 0.15) is 36.8 Å². The molecule has 0 bridgehead atoms. The van der Waals surface area contributed by atoms with E-state index in [0.717, 1.165) is 24.7 Å². The molecule has 0 aliphatic heterocycles. The average Bonchev–Trinajstić information content (AvgIpc) is 0.806. The van der Waals surface area contributed by atoms with Crippen molar-refractivity contribution < 1.29 is 18.4 Å². The lowest BCUT2D eigenvalue weighted by Gasteiger charge is -2.50. The molecule has 0 amide bonds. The van der Waals surface area contributed by atoms with Gasteiger partial charge in [-0.2, -0.15) is 0 Å². The zero-order valence-corrected chi connectivity index (χ0v) is 72.6. The van der Waals surface area contributed by atoms with Gasteiger partial charge in [0.15, 0.2) is 0 Å². The van der Waals surface area contributed by atoms with Gasteiger partial charge >= 0.3 is 0 Å². The predicted molar refractivity (Wildman–Crippen MR) is 463 cm³/mol. The van der Waals surface area contributed by atoms with E-state index in [-0.39, 0.29) is 5.41 Å². The Morgan fingerprint density at radius 2 is 0.417 bits per heavy atom. The highest BCUT2D eigenvalue weighted by Crippen LogP contribution is 2.37. The molecule has 0 fully saturated rings. The van der Waals surface area contributed by atoms with Crippen LogP contribution in [0.2, 0.25) is 0 Å². The number of unbranched alkanes of at least 4 members (excludes halogenated alkanes) is 52. The van der Waals surface area contributed by atoms with Crippen molar-refractivity contribution in [3.8, 4) is 11.5 Å². The molecular formula is C99H188N2O2+2. The van der Waals surface area contributed by atoms with Crippen LogP contribution in [0.15, 0.2) is 48.5 Å². The molecule has 0 aliphatic rings. The zero-order chi connectivity index (χ0) is 74.7. The van der Waals surface area contributed by atoms with E-state index in [1.165, 1.54) is 457 Å². The van der Waals surface area contributed by atoms with E-state index in [1.807, 2.05) is 0 Å². The van der Waals surface area contributed by atoms with Crippen molar-refractivity contribution >= 4 is 0 Å². The first-order valence-corrected chi connectivity index (χ1v) is 47.7. The maximum Gasteiger partial charge on any atom is 0.140 e. The summed E-state index contributed by atoms with van der Waals surface area (Å²) in [4.78, 5) is 0. The van der Waals surface area contributed by atoms with Crippen LogP contribution in [0.3, 0.4) is 0 Å². The Labute approximate surface area is 648 Å². The van der Waals surface area contributed by atoms with Gasteiger partial charge in [-0.3, -0.25) is 0 Å². The van der Waals surface area contributed by atoms with Gasteiger partial charge in [0, 0.05) is 18.3 Å². The summed E-state index contributed by atoms with van der Waals surface area (Å²) in [5.74, 6) is 2.11. The van der Waals surface area contributed by atoms with Gasteiger partial charge < -0.3 is 18.4 Å². The van der Waals surface area contributed by atoms with Crippen molar-refractivity contribution in [2.24, 2.45) is 0 Å². The Morgan fingerprint density at radius 1 is 0.233 bits per heavy atom. The third-order valence-electron chi connectivity index (χ3n) is 25.7. The molecule has 0 spiro atoms. The van der Waals surface area contributed by atoms with Gasteiger partial charge in [0.25, 0.3) is 0 Å². The van der Waals surface area contributed by atoms with Gasteiger partial charge in [-0.25, -0.2) is 0 Å². The minimum atomic E-state index is -0.160. The van der Waals surface area contributed by atoms with E-state index < -0.39 is 0 Å². The predicted octanol–water partition coefficient (Wildman–Crippen LogP) is 33.0. The van der Waals surface area contributed by atoms with E-state index in [4.69, 9.17) is 9.47 Å². The third-order valence-corrected chi connectivity index (χ3v) is 25.7. The Hall–Kier alpha value is -2.04. The lowest BCUT2D eigenvalue weighted by Crippen LogP contribution is -2.63. The van der Waals surface area contributed by atoms with Gasteiger partial charge in [0.05, 0.1) is 38.3 Å². The van der Waals surface area contributed by atoms with Crippen molar-refractivity contribution in [3.63, 3.8) is 0 Å². The number of nitrogens with zero attached hydrogens (tertiary/aromatic N) is 2. The van der Waals surface area contributed by atoms with Gasteiger partial charge in [-0.05, 0) is 139 Å². The fourth-order valence-corrected chi connectivity index (χ4v) is 18.1. The van der Waals surface area contributed by atoms with Gasteiger partial charge in [-0.1, -0.05) is 402 Å². The van der Waals surface area contributed by atoms with Crippen LogP contribution < -0.4 is 9.47 Å². The van der Waals surface area contributed by atoms with Crippen molar-refractivity contribution in [1.29, 1.82) is 0 Å². The molecule has 2 aromatic carbocycles. The zero-order valence-electron chi connectivity index (χ0n) is 72.6. The topological polar surface area (TPSA) is 18.5 Å². The van der Waals surface area contributed by atoms with Gasteiger partial charge in [-0.15, -0.1) is 0 Å². The fourth-order valence-electron chi connectivity index (χ4n) is 18.1. The summed E-state index contributed by atoms with van der Waals surface area (Å²) < 4.78 is 17.0. The molecule has 4 nitrogen and oxygen atoms in total. The lowest BCUT2D eigenvalue weighted by atomic mass is 9.78. The van der Waals surface area contributed by atoms with Gasteiger partial charge in [0.2, 0.25) is 0 Å². The summed E-state index contributed by atoms with van der Waals surface area (Å²) in [5, 5.41) is 0. The monoisotopic (exact) mass is 1440 g/mol. The molecule has 2 rings (SSSR count). The molecule has 4 heteroatoms. The number of rotatable bonds is 80. The highest BCUT2D eigenvalue weighted by atomic mass is 16.5. The number of hydrogen-bond acceptors (Lipinski definition) is 2. The largest absolute Gasteiger partial charge is 0.487 e. The SMILES string of the molecule is CCCCCCCCCCCC[N+](CCCCCCCCCCCC)(C(C)CCCCCCCCCC)C(CCCC)COc1ccc(C(C)(C)c2ccc(OCC(CCCC)[N+](CCCCCCCCCCCC)(CCCCCCCCCCCC)C(C)CCCCCCCCCC)cc2)cc1. The summed E-state index contributed by atoms with van der Waals surface area (Å²) in [6.45, 7) is 36.2. The van der Waals surface area contributed by atoms with E-state index >= 15 is 0 Å². The summed E-state index contributed by atoms with van der Waals surface area (Å²) in [6.07, 6.45) is 89.1. The van der Waals surface area contributed by atoms with Crippen molar-refractivity contribution in [3.05, 3.63) is 59.7 Å². The Balaban J connectivity index is 2.48. The average molecular weight is 1440 g/mol. The summed E-state index contributed by atoms with van der Waals surface area (Å²) in [7, 11) is 0. The number of benzene rings is 2. The van der Waals surface area contributed by atoms with E-state index in [2.05, 4.69) is 132 Å². The molecule has 0 saturated heterocycles. The van der Waals surface area contributed by atoms with E-state index in [1.54, 1.807) is 0 Å². The lowest BCUT2D eigenvalue weighted by molar-refractivity contribution is -0.973. The quantitative estimate of drug-likeness (QED) is 0.0485. The molecule has 604 valence electrons. The molecule has 103 heavy (non-hydrogen) atoms. The van der Waals surface area contributed by atoms with Crippen LogP contribution in [0, 0.1) is 0 Å². The Morgan fingerprint density at radius 3 is 0.621 bits per heavy atom. The van der Waals surface area contributed by atoms with Crippen molar-refractivity contribution in [1.82, 2.24) is 0 Å². The summed E-state index contributed by atoms with van der Waals surface area (Å²) in [5.41, 5.74) is 2.55. The Kier molecular flexibility index (Phi) is 64.1. The highest BCUT2D eigenvalue weighted by molar-refractivity contribution is 5.42. The molecular weight excluding hydrogens is 1250 g/mol. The number of ether oxygens (including phenoxy) is 2. The van der Waals surface area contributed by atoms with Crippen LogP contribution in [-0.4, -0.2) is 72.5 Å². The van der Waals surface area contributed by atoms with Crippen LogP contribution in [0.1, 0.15) is 505 Å². The maximum absolute atomic E-state index is 7.23. The first kappa shape index (κ1) is 97.0. The van der Waals surface area contributed by atoms with Crippen LogP contribution >= 0.6 is 0 Å². The minimum Gasteiger partial charge on any atom is -0.487 e. The highest BCUT2D eigenvalue weighted by Gasteiger charge is 2.43. The maximum atomic E-state index is 7.23. The number of hydrogen-bond donors (Lipinski definition) is 0. The molecule has 0 saturated carbocycles. The standard InChI is InChI=1S/C99H188N2O2/c1-13-21-29-35-41-47-51-57-63-69-85-100(86-70-64-58-52-48-42-36-30-22-14-2,91(9)73-67-61-55-45-39-33-25-17-5)95(75-27-19-7)89-102-97-81-77-93(78-82-97)99(11,12)94-79-83-98(84-80-94)103-90-96(76-28-20-8)101(87-71-65-59-53-49-43-37-31-23-15-3,88-72-66-60-54-50-44-38-32-24-16-4)92(10)74-68-62-56-46-40-34-26-18-6/h77-84,91-92,95-96H,13-76,85-90H2,1-12H3/q+2. The molecule has 4 atom stereocenters. The van der Waals surface area contributed by atoms with Crippen molar-refractivity contribution in [2.45, 2.75) is 524 Å². The fraction of sp³-hybridized carbons (Fsp3) is 0.879. The van der Waals surface area contributed by atoms with Crippen LogP contribution in [-0.2, 0) is 5.41 Å². The molecule has 2 aromatic rings. The van der Waals surface area contributed by atoms with Crippen LogP contribution in [0.5, 0.6) is 11.5 Å². The minimum absolute atomic E-state index is 0.160. The Bertz CT molecular complexity index is 1850. The smallest absolute Gasteiger partial charge is 0.140 e. The molecule has 0 aromatic heterocycles. The normalized spacial score (nSPS) is 13.5.